The van der Waals surface area contributed by atoms with Crippen LogP contribution in [0.3, 0.4) is 0 Å². The second kappa shape index (κ2) is 5.02. The molecule has 0 aliphatic heterocycles. The van der Waals surface area contributed by atoms with Crippen molar-refractivity contribution in [2.24, 2.45) is 0 Å². The minimum atomic E-state index is 0.379. The summed E-state index contributed by atoms with van der Waals surface area (Å²) < 4.78 is 5.41. The molecular weight excluding hydrogens is 272 g/mol. The molecule has 2 aromatic carbocycles. The topological polar surface area (TPSA) is 52.0 Å². The van der Waals surface area contributed by atoms with Crippen molar-refractivity contribution in [3.63, 3.8) is 0 Å². The van der Waals surface area contributed by atoms with Gasteiger partial charge in [-0.25, -0.2) is 0 Å². The van der Waals surface area contributed by atoms with Crippen LogP contribution in [0.4, 0.5) is 5.82 Å². The lowest BCUT2D eigenvalue weighted by Crippen LogP contribution is -1.89. The standard InChI is InChI=1S/C16H13ClN2O/c1-10-7-12(9-13(17)8-10)15-14(16(18)19-20-15)11-5-3-2-4-6-11/h2-9H,1H3,(H2,18,19). The van der Waals surface area contributed by atoms with E-state index in [2.05, 4.69) is 5.16 Å². The molecule has 2 N–H and O–H groups in total. The van der Waals surface area contributed by atoms with Gasteiger partial charge in [-0.3, -0.25) is 0 Å². The van der Waals surface area contributed by atoms with Crippen LogP contribution in [-0.2, 0) is 0 Å². The molecule has 0 radical (unpaired) electrons. The highest BCUT2D eigenvalue weighted by Crippen LogP contribution is 2.37. The van der Waals surface area contributed by atoms with Crippen molar-refractivity contribution in [1.82, 2.24) is 5.16 Å². The molecule has 0 atom stereocenters. The second-order valence-corrected chi connectivity index (χ2v) is 5.09. The van der Waals surface area contributed by atoms with Gasteiger partial charge < -0.3 is 10.3 Å². The van der Waals surface area contributed by atoms with E-state index in [1.54, 1.807) is 0 Å². The smallest absolute Gasteiger partial charge is 0.176 e. The zero-order valence-electron chi connectivity index (χ0n) is 10.9. The molecule has 0 fully saturated rings. The van der Waals surface area contributed by atoms with E-state index >= 15 is 0 Å². The molecule has 0 unspecified atom stereocenters. The van der Waals surface area contributed by atoms with E-state index in [0.717, 1.165) is 22.3 Å². The van der Waals surface area contributed by atoms with Gasteiger partial charge in [0, 0.05) is 10.6 Å². The molecule has 1 aromatic heterocycles. The fourth-order valence-electron chi connectivity index (χ4n) is 2.25. The number of anilines is 1. The minimum Gasteiger partial charge on any atom is -0.380 e. The van der Waals surface area contributed by atoms with Gasteiger partial charge >= 0.3 is 0 Å². The summed E-state index contributed by atoms with van der Waals surface area (Å²) in [5.74, 6) is 1.02. The van der Waals surface area contributed by atoms with Gasteiger partial charge in [0.1, 0.15) is 0 Å². The Morgan fingerprint density at radius 1 is 1.05 bits per heavy atom. The Morgan fingerprint density at radius 3 is 2.50 bits per heavy atom. The molecule has 0 saturated heterocycles. The molecule has 3 rings (SSSR count). The van der Waals surface area contributed by atoms with E-state index in [4.69, 9.17) is 21.9 Å². The Morgan fingerprint density at radius 2 is 1.80 bits per heavy atom. The number of rotatable bonds is 2. The second-order valence-electron chi connectivity index (χ2n) is 4.66. The van der Waals surface area contributed by atoms with Gasteiger partial charge in [0.2, 0.25) is 0 Å². The van der Waals surface area contributed by atoms with Crippen LogP contribution in [0.5, 0.6) is 0 Å². The van der Waals surface area contributed by atoms with Crippen molar-refractivity contribution in [1.29, 1.82) is 0 Å². The van der Waals surface area contributed by atoms with E-state index in [1.807, 2.05) is 55.5 Å². The van der Waals surface area contributed by atoms with Gasteiger partial charge in [0.25, 0.3) is 0 Å². The Balaban J connectivity index is 2.21. The number of aryl methyl sites for hydroxylation is 1. The van der Waals surface area contributed by atoms with E-state index < -0.39 is 0 Å². The van der Waals surface area contributed by atoms with Crippen LogP contribution in [-0.4, -0.2) is 5.16 Å². The first-order valence-corrected chi connectivity index (χ1v) is 6.61. The predicted octanol–water partition coefficient (Wildman–Crippen LogP) is 4.55. The van der Waals surface area contributed by atoms with Gasteiger partial charge in [0.15, 0.2) is 11.6 Å². The number of aromatic nitrogens is 1. The lowest BCUT2D eigenvalue weighted by molar-refractivity contribution is 0.436. The lowest BCUT2D eigenvalue weighted by atomic mass is 10.0. The van der Waals surface area contributed by atoms with Crippen LogP contribution in [0.25, 0.3) is 22.5 Å². The molecular formula is C16H13ClN2O. The largest absolute Gasteiger partial charge is 0.380 e. The van der Waals surface area contributed by atoms with Crippen LogP contribution in [0.1, 0.15) is 5.56 Å². The SMILES string of the molecule is Cc1cc(Cl)cc(-c2onc(N)c2-c2ccccc2)c1. The predicted molar refractivity (Wildman–Crippen MR) is 81.5 cm³/mol. The Labute approximate surface area is 122 Å². The summed E-state index contributed by atoms with van der Waals surface area (Å²) in [6.45, 7) is 1.98. The lowest BCUT2D eigenvalue weighted by Gasteiger charge is -2.04. The summed E-state index contributed by atoms with van der Waals surface area (Å²) in [5.41, 5.74) is 9.65. The molecule has 4 heteroatoms. The van der Waals surface area contributed by atoms with Crippen molar-refractivity contribution >= 4 is 17.4 Å². The van der Waals surface area contributed by atoms with Crippen molar-refractivity contribution in [3.05, 3.63) is 59.1 Å². The highest BCUT2D eigenvalue weighted by Gasteiger charge is 2.17. The number of nitrogens with zero attached hydrogens (tertiary/aromatic N) is 1. The maximum Gasteiger partial charge on any atom is 0.176 e. The fourth-order valence-corrected chi connectivity index (χ4v) is 2.54. The number of hydrogen-bond acceptors (Lipinski definition) is 3. The normalized spacial score (nSPS) is 10.7. The van der Waals surface area contributed by atoms with E-state index in [-0.39, 0.29) is 0 Å². The summed E-state index contributed by atoms with van der Waals surface area (Å²) in [6, 6.07) is 15.6. The molecule has 0 saturated carbocycles. The van der Waals surface area contributed by atoms with Gasteiger partial charge in [0.05, 0.1) is 5.56 Å². The molecule has 100 valence electrons. The molecule has 3 aromatic rings. The quantitative estimate of drug-likeness (QED) is 0.751. The highest BCUT2D eigenvalue weighted by molar-refractivity contribution is 6.31. The third-order valence-corrected chi connectivity index (χ3v) is 3.30. The van der Waals surface area contributed by atoms with Crippen molar-refractivity contribution in [2.45, 2.75) is 6.92 Å². The van der Waals surface area contributed by atoms with Crippen LogP contribution in [0.15, 0.2) is 53.1 Å². The average molecular weight is 285 g/mol. The molecule has 0 amide bonds. The van der Waals surface area contributed by atoms with E-state index in [9.17, 15) is 0 Å². The van der Waals surface area contributed by atoms with E-state index in [1.165, 1.54) is 0 Å². The zero-order chi connectivity index (χ0) is 14.1. The number of halogens is 1. The fraction of sp³-hybridized carbons (Fsp3) is 0.0625. The first-order valence-electron chi connectivity index (χ1n) is 6.23. The average Bonchev–Trinajstić information content (AvgIpc) is 2.80. The van der Waals surface area contributed by atoms with Crippen molar-refractivity contribution < 1.29 is 4.52 Å². The van der Waals surface area contributed by atoms with Gasteiger partial charge in [-0.2, -0.15) is 0 Å². The number of nitrogens with two attached hydrogens (primary N) is 1. The van der Waals surface area contributed by atoms with Crippen molar-refractivity contribution in [2.75, 3.05) is 5.73 Å². The maximum atomic E-state index is 6.11. The number of nitrogen functional groups attached to an aromatic ring is 1. The molecule has 20 heavy (non-hydrogen) atoms. The van der Waals surface area contributed by atoms with E-state index in [0.29, 0.717) is 16.6 Å². The van der Waals surface area contributed by atoms with Crippen LogP contribution >= 0.6 is 11.6 Å². The van der Waals surface area contributed by atoms with Crippen LogP contribution in [0, 0.1) is 6.92 Å². The first kappa shape index (κ1) is 12.8. The number of benzene rings is 2. The molecule has 0 spiro atoms. The molecule has 1 heterocycles. The Hall–Kier alpha value is -2.26. The third kappa shape index (κ3) is 2.28. The number of hydrogen-bond donors (Lipinski definition) is 1. The highest BCUT2D eigenvalue weighted by atomic mass is 35.5. The third-order valence-electron chi connectivity index (χ3n) is 3.09. The van der Waals surface area contributed by atoms with Crippen LogP contribution in [0.2, 0.25) is 5.02 Å². The first-order chi connectivity index (χ1) is 9.65. The molecule has 0 aliphatic rings. The zero-order valence-corrected chi connectivity index (χ0v) is 11.7. The molecule has 0 aliphatic carbocycles. The maximum absolute atomic E-state index is 6.11. The van der Waals surface area contributed by atoms with Crippen molar-refractivity contribution in [3.8, 4) is 22.5 Å². The monoisotopic (exact) mass is 284 g/mol. The van der Waals surface area contributed by atoms with Gasteiger partial charge in [-0.1, -0.05) is 47.1 Å². The molecule has 3 nitrogen and oxygen atoms in total. The van der Waals surface area contributed by atoms with Gasteiger partial charge in [-0.15, -0.1) is 0 Å². The molecule has 0 bridgehead atoms. The summed E-state index contributed by atoms with van der Waals surface area (Å²) in [6.07, 6.45) is 0. The van der Waals surface area contributed by atoms with Gasteiger partial charge in [-0.05, 0) is 36.2 Å². The Bertz CT molecular complexity index is 730. The van der Waals surface area contributed by atoms with Crippen LogP contribution < -0.4 is 5.73 Å². The summed E-state index contributed by atoms with van der Waals surface area (Å²) in [4.78, 5) is 0. The summed E-state index contributed by atoms with van der Waals surface area (Å²) in [5, 5.41) is 4.55. The Kier molecular flexibility index (Phi) is 3.20. The summed E-state index contributed by atoms with van der Waals surface area (Å²) in [7, 11) is 0. The minimum absolute atomic E-state index is 0.379. The summed E-state index contributed by atoms with van der Waals surface area (Å²) >= 11 is 6.11.